The number of aromatic hydroxyl groups is 1. The molecule has 1 aliphatic carbocycles. The zero-order chi connectivity index (χ0) is 28.5. The third kappa shape index (κ3) is 6.22. The van der Waals surface area contributed by atoms with Crippen molar-refractivity contribution in [1.29, 1.82) is 0 Å². The average molecular weight is 544 g/mol. The van der Waals surface area contributed by atoms with E-state index in [9.17, 15) is 14.7 Å². The second-order valence-corrected chi connectivity index (χ2v) is 12.8. The van der Waals surface area contributed by atoms with E-state index in [1.807, 2.05) is 20.2 Å². The zero-order valence-electron chi connectivity index (χ0n) is 23.5. The van der Waals surface area contributed by atoms with E-state index in [-0.39, 0.29) is 27.9 Å². The number of hydrogen-bond acceptors (Lipinski definition) is 5. The summed E-state index contributed by atoms with van der Waals surface area (Å²) in [5, 5.41) is 19.1. The van der Waals surface area contributed by atoms with Crippen LogP contribution in [-0.2, 0) is 16.6 Å². The van der Waals surface area contributed by atoms with E-state index >= 15 is 0 Å². The van der Waals surface area contributed by atoms with Crippen molar-refractivity contribution in [1.82, 2.24) is 0 Å². The number of carbonyl (C=O) groups excluding carboxylic acids is 1. The molecule has 6 heteroatoms. The fourth-order valence-corrected chi connectivity index (χ4v) is 6.40. The van der Waals surface area contributed by atoms with Crippen molar-refractivity contribution in [3.63, 3.8) is 0 Å². The first-order valence-electron chi connectivity index (χ1n) is 13.2. The number of hydrogen-bond donors (Lipinski definition) is 2. The first-order chi connectivity index (χ1) is 18.3. The summed E-state index contributed by atoms with van der Waals surface area (Å²) < 4.78 is 0. The summed E-state index contributed by atoms with van der Waals surface area (Å²) >= 11 is 1.78. The Balaban J connectivity index is 1.69. The molecule has 0 heterocycles. The van der Waals surface area contributed by atoms with Gasteiger partial charge >= 0.3 is 5.97 Å². The van der Waals surface area contributed by atoms with Gasteiger partial charge < -0.3 is 15.1 Å². The normalized spacial score (nSPS) is 15.6. The van der Waals surface area contributed by atoms with Gasteiger partial charge in [0.05, 0.1) is 0 Å². The number of carboxylic acids is 1. The molecule has 4 rings (SSSR count). The van der Waals surface area contributed by atoms with Gasteiger partial charge in [-0.05, 0) is 88.4 Å². The summed E-state index contributed by atoms with van der Waals surface area (Å²) in [5.74, 6) is -0.847. The number of allylic oxidation sites excluding steroid dienone is 1. The van der Waals surface area contributed by atoms with Crippen molar-refractivity contribution < 1.29 is 19.8 Å². The molecule has 0 saturated heterocycles. The molecule has 3 aromatic carbocycles. The topological polar surface area (TPSA) is 77.8 Å². The van der Waals surface area contributed by atoms with Gasteiger partial charge in [0.15, 0.2) is 5.78 Å². The van der Waals surface area contributed by atoms with Crippen molar-refractivity contribution in [2.45, 2.75) is 62.0 Å². The van der Waals surface area contributed by atoms with Crippen LogP contribution in [0.1, 0.15) is 83.5 Å². The molecule has 5 nitrogen and oxygen atoms in total. The lowest BCUT2D eigenvalue weighted by Gasteiger charge is -2.43. The summed E-state index contributed by atoms with van der Waals surface area (Å²) in [4.78, 5) is 27.8. The van der Waals surface area contributed by atoms with Crippen LogP contribution in [0.5, 0.6) is 5.75 Å². The van der Waals surface area contributed by atoms with Gasteiger partial charge in [-0.25, -0.2) is 4.79 Å². The molecular formula is C33H37NO4S. The monoisotopic (exact) mass is 543 g/mol. The van der Waals surface area contributed by atoms with Gasteiger partial charge in [-0.15, -0.1) is 11.8 Å². The van der Waals surface area contributed by atoms with E-state index in [1.54, 1.807) is 23.9 Å². The van der Waals surface area contributed by atoms with Crippen LogP contribution >= 0.6 is 11.8 Å². The Bertz CT molecular complexity index is 1430. The average Bonchev–Trinajstić information content (AvgIpc) is 2.88. The lowest BCUT2D eigenvalue weighted by atomic mass is 9.63. The number of thioether (sulfide) groups is 1. The molecule has 1 aliphatic rings. The van der Waals surface area contributed by atoms with Crippen LogP contribution in [0.15, 0.2) is 65.6 Å². The molecule has 0 radical (unpaired) electrons. The van der Waals surface area contributed by atoms with Crippen molar-refractivity contribution in [3.05, 3.63) is 94.1 Å². The number of aromatic carboxylic acids is 1. The molecular weight excluding hydrogens is 506 g/mol. The quantitative estimate of drug-likeness (QED) is 0.172. The SMILES string of the molecule is CN(C)c1ccc(CSc2cc(C(=O)/C=C/c3ccc(C(=O)O)c(O)c3)cc3c2C(C)(C)CCC3(C)C)cc1. The van der Waals surface area contributed by atoms with Gasteiger partial charge in [0.2, 0.25) is 0 Å². The fraction of sp³-hybridized carbons (Fsp3) is 0.333. The van der Waals surface area contributed by atoms with E-state index in [4.69, 9.17) is 5.11 Å². The molecule has 0 unspecified atom stereocenters. The maximum Gasteiger partial charge on any atom is 0.339 e. The highest BCUT2D eigenvalue weighted by Crippen LogP contribution is 2.50. The summed E-state index contributed by atoms with van der Waals surface area (Å²) in [6.45, 7) is 9.11. The number of nitrogens with zero attached hydrogens (tertiary/aromatic N) is 1. The van der Waals surface area contributed by atoms with Crippen LogP contribution in [0.4, 0.5) is 5.69 Å². The predicted molar refractivity (Wildman–Crippen MR) is 160 cm³/mol. The smallest absolute Gasteiger partial charge is 0.339 e. The summed E-state index contributed by atoms with van der Waals surface area (Å²) in [7, 11) is 4.06. The van der Waals surface area contributed by atoms with Crippen LogP contribution in [0, 0.1) is 0 Å². The zero-order valence-corrected chi connectivity index (χ0v) is 24.4. The Hall–Kier alpha value is -3.51. The predicted octanol–water partition coefficient (Wildman–Crippen LogP) is 7.69. The van der Waals surface area contributed by atoms with Crippen LogP contribution < -0.4 is 4.90 Å². The van der Waals surface area contributed by atoms with Crippen molar-refractivity contribution in [2.24, 2.45) is 0 Å². The molecule has 0 fully saturated rings. The first kappa shape index (κ1) is 28.5. The van der Waals surface area contributed by atoms with Crippen LogP contribution in [0.25, 0.3) is 6.08 Å². The lowest BCUT2D eigenvalue weighted by molar-refractivity contribution is 0.0693. The van der Waals surface area contributed by atoms with Crippen molar-refractivity contribution >= 4 is 35.3 Å². The van der Waals surface area contributed by atoms with Gasteiger partial charge in [-0.1, -0.05) is 52.0 Å². The molecule has 3 aromatic rings. The molecule has 204 valence electrons. The van der Waals surface area contributed by atoms with E-state index < -0.39 is 5.97 Å². The van der Waals surface area contributed by atoms with Gasteiger partial charge in [-0.2, -0.15) is 0 Å². The number of fused-ring (bicyclic) bond motifs is 1. The molecule has 0 amide bonds. The van der Waals surface area contributed by atoms with Gasteiger partial charge in [0.1, 0.15) is 11.3 Å². The van der Waals surface area contributed by atoms with Crippen LogP contribution in [0.3, 0.4) is 0 Å². The van der Waals surface area contributed by atoms with Crippen molar-refractivity contribution in [2.75, 3.05) is 19.0 Å². The Labute approximate surface area is 235 Å². The number of carbonyl (C=O) groups is 2. The van der Waals surface area contributed by atoms with E-state index in [0.29, 0.717) is 11.1 Å². The third-order valence-electron chi connectivity index (χ3n) is 7.69. The number of carboxylic acid groups (broad SMARTS) is 1. The number of ketones is 1. The van der Waals surface area contributed by atoms with Crippen LogP contribution in [-0.4, -0.2) is 36.1 Å². The first-order valence-corrected chi connectivity index (χ1v) is 14.1. The second-order valence-electron chi connectivity index (χ2n) is 11.8. The molecule has 0 aliphatic heterocycles. The highest BCUT2D eigenvalue weighted by molar-refractivity contribution is 7.98. The summed E-state index contributed by atoms with van der Waals surface area (Å²) in [6, 6.07) is 16.9. The largest absolute Gasteiger partial charge is 0.507 e. The van der Waals surface area contributed by atoms with Gasteiger partial charge in [0.25, 0.3) is 0 Å². The Morgan fingerprint density at radius 3 is 2.23 bits per heavy atom. The number of benzene rings is 3. The minimum absolute atomic E-state index is 0.00278. The molecule has 2 N–H and O–H groups in total. The van der Waals surface area contributed by atoms with E-state index in [1.165, 1.54) is 34.9 Å². The standard InChI is InChI=1S/C33H37NO4S/c1-32(2)15-16-33(3,4)30-26(32)18-23(19-29(30)39-20-22-7-11-24(12-8-22)34(5)6)27(35)14-10-21-9-13-25(31(37)38)28(36)17-21/h7-14,17-19,36H,15-16,20H2,1-6H3,(H,37,38)/b14-10+. The fourth-order valence-electron chi connectivity index (χ4n) is 5.14. The third-order valence-corrected chi connectivity index (χ3v) is 8.80. The number of phenols is 1. The van der Waals surface area contributed by atoms with E-state index in [2.05, 4.69) is 62.9 Å². The molecule has 39 heavy (non-hydrogen) atoms. The minimum atomic E-state index is -1.20. The molecule has 0 atom stereocenters. The Morgan fingerprint density at radius 1 is 0.949 bits per heavy atom. The Kier molecular flexibility index (Phi) is 7.99. The maximum atomic E-state index is 13.4. The van der Waals surface area contributed by atoms with Crippen molar-refractivity contribution in [3.8, 4) is 5.75 Å². The lowest BCUT2D eigenvalue weighted by Crippen LogP contribution is -2.34. The molecule has 0 aromatic heterocycles. The molecule has 0 bridgehead atoms. The van der Waals surface area contributed by atoms with Gasteiger partial charge in [0, 0.05) is 36.0 Å². The summed E-state index contributed by atoms with van der Waals surface area (Å²) in [5.41, 5.74) is 5.93. The Morgan fingerprint density at radius 2 is 1.62 bits per heavy atom. The molecule has 0 saturated carbocycles. The van der Waals surface area contributed by atoms with Gasteiger partial charge in [-0.3, -0.25) is 4.79 Å². The maximum absolute atomic E-state index is 13.4. The van der Waals surface area contributed by atoms with Crippen LogP contribution in [0.2, 0.25) is 0 Å². The second kappa shape index (κ2) is 10.9. The minimum Gasteiger partial charge on any atom is -0.507 e. The molecule has 0 spiro atoms. The summed E-state index contributed by atoms with van der Waals surface area (Å²) in [6.07, 6.45) is 5.24. The van der Waals surface area contributed by atoms with E-state index in [0.717, 1.165) is 29.2 Å². The number of rotatable bonds is 8. The number of anilines is 1. The highest BCUT2D eigenvalue weighted by Gasteiger charge is 2.39. The highest BCUT2D eigenvalue weighted by atomic mass is 32.2.